The first-order chi connectivity index (χ1) is 9.95. The standard InChI is InChI=1S/C13H18N4O3S/c1-8(2)5-10(11(18)19)16-12(20)14-6-9-7-17-3-4-21-13(17)15-9/h3-4,7-8,10H,5-6H2,1-2H3,(H,18,19)(H2,14,16,20). The summed E-state index contributed by atoms with van der Waals surface area (Å²) in [6.07, 6.45) is 4.11. The fourth-order valence-electron chi connectivity index (χ4n) is 1.93. The predicted molar refractivity (Wildman–Crippen MR) is 79.3 cm³/mol. The van der Waals surface area contributed by atoms with Gasteiger partial charge < -0.3 is 15.7 Å². The van der Waals surface area contributed by atoms with Crippen molar-refractivity contribution in [2.45, 2.75) is 32.9 Å². The number of rotatable bonds is 6. The van der Waals surface area contributed by atoms with Gasteiger partial charge in [0.05, 0.1) is 12.2 Å². The molecule has 2 aromatic heterocycles. The molecule has 2 heterocycles. The number of hydrogen-bond acceptors (Lipinski definition) is 4. The fourth-order valence-corrected chi connectivity index (χ4v) is 2.65. The zero-order chi connectivity index (χ0) is 15.4. The third-order valence-electron chi connectivity index (χ3n) is 2.88. The third-order valence-corrected chi connectivity index (χ3v) is 3.65. The van der Waals surface area contributed by atoms with Gasteiger partial charge in [-0.05, 0) is 12.3 Å². The van der Waals surface area contributed by atoms with Crippen molar-refractivity contribution in [3.8, 4) is 0 Å². The van der Waals surface area contributed by atoms with Crippen molar-refractivity contribution in [2.75, 3.05) is 0 Å². The molecular weight excluding hydrogens is 292 g/mol. The zero-order valence-corrected chi connectivity index (χ0v) is 12.7. The number of carbonyl (C=O) groups is 2. The summed E-state index contributed by atoms with van der Waals surface area (Å²) < 4.78 is 1.87. The predicted octanol–water partition coefficient (Wildman–Crippen LogP) is 1.69. The average Bonchev–Trinajstić information content (AvgIpc) is 2.95. The Balaban J connectivity index is 1.85. The van der Waals surface area contributed by atoms with Crippen LogP contribution in [0.25, 0.3) is 4.96 Å². The van der Waals surface area contributed by atoms with E-state index >= 15 is 0 Å². The Morgan fingerprint density at radius 2 is 2.24 bits per heavy atom. The first-order valence-electron chi connectivity index (χ1n) is 6.64. The van der Waals surface area contributed by atoms with E-state index in [9.17, 15) is 9.59 Å². The highest BCUT2D eigenvalue weighted by atomic mass is 32.1. The number of carbonyl (C=O) groups excluding carboxylic acids is 1. The normalized spacial score (nSPS) is 12.5. The topological polar surface area (TPSA) is 95.7 Å². The molecule has 0 aliphatic carbocycles. The van der Waals surface area contributed by atoms with E-state index in [-0.39, 0.29) is 12.5 Å². The molecule has 0 saturated heterocycles. The van der Waals surface area contributed by atoms with Gasteiger partial charge in [0.25, 0.3) is 0 Å². The summed E-state index contributed by atoms with van der Waals surface area (Å²) in [6.45, 7) is 4.08. The second-order valence-electron chi connectivity index (χ2n) is 5.17. The van der Waals surface area contributed by atoms with E-state index in [0.29, 0.717) is 6.42 Å². The molecule has 0 saturated carbocycles. The van der Waals surface area contributed by atoms with Crippen molar-refractivity contribution in [2.24, 2.45) is 5.92 Å². The molecule has 2 aromatic rings. The van der Waals surface area contributed by atoms with Gasteiger partial charge in [-0.15, -0.1) is 11.3 Å². The molecule has 7 nitrogen and oxygen atoms in total. The van der Waals surface area contributed by atoms with Gasteiger partial charge in [0.1, 0.15) is 6.04 Å². The highest BCUT2D eigenvalue weighted by Gasteiger charge is 2.20. The lowest BCUT2D eigenvalue weighted by Gasteiger charge is -2.16. The van der Waals surface area contributed by atoms with Crippen LogP contribution in [0, 0.1) is 5.92 Å². The van der Waals surface area contributed by atoms with Gasteiger partial charge in [-0.25, -0.2) is 14.6 Å². The summed E-state index contributed by atoms with van der Waals surface area (Å²) in [5.41, 5.74) is 0.729. The lowest BCUT2D eigenvalue weighted by atomic mass is 10.0. The molecule has 0 radical (unpaired) electrons. The molecule has 2 amide bonds. The summed E-state index contributed by atoms with van der Waals surface area (Å²) in [6, 6.07) is -1.38. The average molecular weight is 310 g/mol. The molecule has 1 atom stereocenters. The van der Waals surface area contributed by atoms with Crippen molar-refractivity contribution < 1.29 is 14.7 Å². The van der Waals surface area contributed by atoms with Crippen molar-refractivity contribution >= 4 is 28.3 Å². The summed E-state index contributed by atoms with van der Waals surface area (Å²) in [4.78, 5) is 28.0. The van der Waals surface area contributed by atoms with Gasteiger partial charge in [-0.2, -0.15) is 0 Å². The van der Waals surface area contributed by atoms with E-state index in [1.165, 1.54) is 11.3 Å². The molecule has 0 spiro atoms. The quantitative estimate of drug-likeness (QED) is 0.756. The zero-order valence-electron chi connectivity index (χ0n) is 11.9. The monoisotopic (exact) mass is 310 g/mol. The van der Waals surface area contributed by atoms with E-state index in [2.05, 4.69) is 15.6 Å². The van der Waals surface area contributed by atoms with Crippen LogP contribution in [0.2, 0.25) is 0 Å². The largest absolute Gasteiger partial charge is 0.480 e. The van der Waals surface area contributed by atoms with E-state index in [0.717, 1.165) is 10.7 Å². The molecule has 0 fully saturated rings. The van der Waals surface area contributed by atoms with E-state index < -0.39 is 18.0 Å². The van der Waals surface area contributed by atoms with Crippen LogP contribution in [-0.2, 0) is 11.3 Å². The number of urea groups is 1. The van der Waals surface area contributed by atoms with Crippen LogP contribution in [0.3, 0.4) is 0 Å². The van der Waals surface area contributed by atoms with Gasteiger partial charge in [0.15, 0.2) is 4.96 Å². The maximum absolute atomic E-state index is 11.7. The fraction of sp³-hybridized carbons (Fsp3) is 0.462. The minimum atomic E-state index is -1.03. The Morgan fingerprint density at radius 1 is 1.48 bits per heavy atom. The molecule has 0 aliphatic rings. The number of aliphatic carboxylic acids is 1. The molecule has 0 bridgehead atoms. The lowest BCUT2D eigenvalue weighted by molar-refractivity contribution is -0.139. The van der Waals surface area contributed by atoms with Crippen LogP contribution < -0.4 is 10.6 Å². The van der Waals surface area contributed by atoms with Gasteiger partial charge in [-0.3, -0.25) is 4.40 Å². The van der Waals surface area contributed by atoms with Crippen LogP contribution in [0.15, 0.2) is 17.8 Å². The Hall–Kier alpha value is -2.09. The van der Waals surface area contributed by atoms with Gasteiger partial charge >= 0.3 is 12.0 Å². The first-order valence-corrected chi connectivity index (χ1v) is 7.52. The lowest BCUT2D eigenvalue weighted by Crippen LogP contribution is -2.46. The van der Waals surface area contributed by atoms with Crippen molar-refractivity contribution in [1.82, 2.24) is 20.0 Å². The molecule has 21 heavy (non-hydrogen) atoms. The highest BCUT2D eigenvalue weighted by Crippen LogP contribution is 2.11. The van der Waals surface area contributed by atoms with Crippen LogP contribution >= 0.6 is 11.3 Å². The molecule has 0 aliphatic heterocycles. The second-order valence-corrected chi connectivity index (χ2v) is 6.05. The van der Waals surface area contributed by atoms with Gasteiger partial charge in [-0.1, -0.05) is 13.8 Å². The number of thiazole rings is 1. The summed E-state index contributed by atoms with van der Waals surface area (Å²) in [5.74, 6) is -0.840. The number of carboxylic acids is 1. The molecule has 114 valence electrons. The maximum Gasteiger partial charge on any atom is 0.326 e. The number of imidazole rings is 1. The Kier molecular flexibility index (Phi) is 4.79. The number of carboxylic acid groups (broad SMARTS) is 1. The minimum absolute atomic E-state index is 0.186. The van der Waals surface area contributed by atoms with Gasteiger partial charge in [0, 0.05) is 17.8 Å². The van der Waals surface area contributed by atoms with E-state index in [1.807, 2.05) is 36.0 Å². The first kappa shape index (κ1) is 15.3. The molecule has 3 N–H and O–H groups in total. The maximum atomic E-state index is 11.7. The SMILES string of the molecule is CC(C)CC(NC(=O)NCc1cn2ccsc2n1)C(=O)O. The summed E-state index contributed by atoms with van der Waals surface area (Å²) >= 11 is 1.51. The highest BCUT2D eigenvalue weighted by molar-refractivity contribution is 7.15. The Bertz CT molecular complexity index is 606. The van der Waals surface area contributed by atoms with Crippen LogP contribution in [0.5, 0.6) is 0 Å². The molecular formula is C13H18N4O3S. The Labute approximate surface area is 126 Å². The minimum Gasteiger partial charge on any atom is -0.480 e. The summed E-state index contributed by atoms with van der Waals surface area (Å²) in [5, 5.41) is 16.1. The number of nitrogens with one attached hydrogen (secondary N) is 2. The summed E-state index contributed by atoms with van der Waals surface area (Å²) in [7, 11) is 0. The molecule has 0 aromatic carbocycles. The molecule has 2 rings (SSSR count). The van der Waals surface area contributed by atoms with E-state index in [1.54, 1.807) is 0 Å². The number of nitrogens with zero attached hydrogens (tertiary/aromatic N) is 2. The van der Waals surface area contributed by atoms with Crippen LogP contribution in [-0.4, -0.2) is 32.5 Å². The number of aromatic nitrogens is 2. The van der Waals surface area contributed by atoms with Crippen molar-refractivity contribution in [3.05, 3.63) is 23.5 Å². The molecule has 1 unspecified atom stereocenters. The number of hydrogen-bond donors (Lipinski definition) is 3. The van der Waals surface area contributed by atoms with Crippen LogP contribution in [0.1, 0.15) is 26.0 Å². The third kappa shape index (κ3) is 4.19. The Morgan fingerprint density at radius 3 is 2.86 bits per heavy atom. The molecule has 8 heteroatoms. The van der Waals surface area contributed by atoms with E-state index in [4.69, 9.17) is 5.11 Å². The number of amides is 2. The smallest absolute Gasteiger partial charge is 0.326 e. The van der Waals surface area contributed by atoms with Gasteiger partial charge in [0.2, 0.25) is 0 Å². The van der Waals surface area contributed by atoms with Crippen LogP contribution in [0.4, 0.5) is 4.79 Å². The van der Waals surface area contributed by atoms with Crippen molar-refractivity contribution in [3.63, 3.8) is 0 Å². The second kappa shape index (κ2) is 6.57. The number of fused-ring (bicyclic) bond motifs is 1. The van der Waals surface area contributed by atoms with Crippen molar-refractivity contribution in [1.29, 1.82) is 0 Å².